The predicted molar refractivity (Wildman–Crippen MR) is 81.3 cm³/mol. The third-order valence-electron chi connectivity index (χ3n) is 2.84. The molecule has 120 valence electrons. The number of rotatable bonds is 7. The van der Waals surface area contributed by atoms with Crippen molar-refractivity contribution in [1.29, 1.82) is 0 Å². The van der Waals surface area contributed by atoms with E-state index in [-0.39, 0.29) is 24.2 Å². The summed E-state index contributed by atoms with van der Waals surface area (Å²) in [6.45, 7) is 0. The van der Waals surface area contributed by atoms with Gasteiger partial charge in [-0.3, -0.25) is 24.7 Å². The number of H-pyrrole nitrogens is 1. The molecular weight excluding hydrogens is 324 g/mol. The number of non-ortho nitro benzene ring substituents is 1. The minimum Gasteiger partial charge on any atom is -0.481 e. The molecule has 0 aliphatic carbocycles. The van der Waals surface area contributed by atoms with Crippen LogP contribution in [-0.2, 0) is 17.0 Å². The molecule has 1 heterocycles. The van der Waals surface area contributed by atoms with Crippen LogP contribution in [0.2, 0.25) is 0 Å². The molecule has 0 aliphatic heterocycles. The normalized spacial score (nSPS) is 10.4. The first-order valence-electron chi connectivity index (χ1n) is 6.49. The molecule has 2 aromatic rings. The Kier molecular flexibility index (Phi) is 5.41. The van der Waals surface area contributed by atoms with Gasteiger partial charge in [0.2, 0.25) is 0 Å². The molecule has 0 bridgehead atoms. The van der Waals surface area contributed by atoms with Crippen molar-refractivity contribution >= 4 is 23.4 Å². The second kappa shape index (κ2) is 7.49. The van der Waals surface area contributed by atoms with E-state index in [2.05, 4.69) is 15.2 Å². The van der Waals surface area contributed by atoms with E-state index in [0.717, 1.165) is 5.56 Å². The Bertz CT molecular complexity index is 775. The number of carbonyl (C=O) groups is 1. The Hall–Kier alpha value is -2.75. The monoisotopic (exact) mass is 336 g/mol. The maximum Gasteiger partial charge on any atom is 0.303 e. The van der Waals surface area contributed by atoms with Crippen molar-refractivity contribution in [2.24, 2.45) is 0 Å². The second-order valence-electron chi connectivity index (χ2n) is 4.51. The van der Waals surface area contributed by atoms with Crippen LogP contribution >= 0.6 is 11.8 Å². The summed E-state index contributed by atoms with van der Waals surface area (Å²) in [7, 11) is 0. The first kappa shape index (κ1) is 16.6. The number of nitro groups is 1. The number of aryl methyl sites for hydroxylation is 1. The molecule has 1 aromatic carbocycles. The molecule has 0 unspecified atom stereocenters. The number of benzene rings is 1. The van der Waals surface area contributed by atoms with E-state index < -0.39 is 16.5 Å². The summed E-state index contributed by atoms with van der Waals surface area (Å²) in [5, 5.41) is 27.0. The molecule has 0 saturated heterocycles. The van der Waals surface area contributed by atoms with Gasteiger partial charge in [0.15, 0.2) is 5.16 Å². The number of nitrogens with zero attached hydrogens (tertiary/aromatic N) is 3. The Morgan fingerprint density at radius 1 is 1.30 bits per heavy atom. The first-order valence-corrected chi connectivity index (χ1v) is 7.48. The summed E-state index contributed by atoms with van der Waals surface area (Å²) < 4.78 is 0. The topological polar surface area (TPSA) is 139 Å². The first-order chi connectivity index (χ1) is 11.0. The van der Waals surface area contributed by atoms with Crippen molar-refractivity contribution < 1.29 is 14.8 Å². The molecule has 0 aliphatic rings. The highest BCUT2D eigenvalue weighted by Gasteiger charge is 2.09. The number of carboxylic acid groups (broad SMARTS) is 1. The lowest BCUT2D eigenvalue weighted by Gasteiger charge is -2.02. The van der Waals surface area contributed by atoms with E-state index in [1.807, 2.05) is 0 Å². The number of hydrogen-bond donors (Lipinski definition) is 2. The SMILES string of the molecule is O=C(O)CCc1nnc(SCc2ccc([N+](=O)[O-])cc2)[nH]c1=O. The lowest BCUT2D eigenvalue weighted by Crippen LogP contribution is -2.18. The number of carboxylic acids is 1. The van der Waals surface area contributed by atoms with Crippen LogP contribution in [0.15, 0.2) is 34.2 Å². The average Bonchev–Trinajstić information content (AvgIpc) is 2.52. The molecule has 0 atom stereocenters. The molecule has 2 rings (SSSR count). The van der Waals surface area contributed by atoms with Crippen molar-refractivity contribution in [1.82, 2.24) is 15.2 Å². The van der Waals surface area contributed by atoms with Gasteiger partial charge in [0.1, 0.15) is 5.69 Å². The van der Waals surface area contributed by atoms with Gasteiger partial charge in [0.05, 0.1) is 11.3 Å². The van der Waals surface area contributed by atoms with Gasteiger partial charge < -0.3 is 5.11 Å². The highest BCUT2D eigenvalue weighted by atomic mass is 32.2. The molecule has 9 nitrogen and oxygen atoms in total. The number of nitrogens with one attached hydrogen (secondary N) is 1. The summed E-state index contributed by atoms with van der Waals surface area (Å²) in [6.07, 6.45) is -0.169. The number of aromatic nitrogens is 3. The van der Waals surface area contributed by atoms with Gasteiger partial charge in [-0.1, -0.05) is 23.9 Å². The van der Waals surface area contributed by atoms with Crippen LogP contribution in [0.25, 0.3) is 0 Å². The molecule has 23 heavy (non-hydrogen) atoms. The third-order valence-corrected chi connectivity index (χ3v) is 3.78. The summed E-state index contributed by atoms with van der Waals surface area (Å²) >= 11 is 1.22. The van der Waals surface area contributed by atoms with Crippen LogP contribution < -0.4 is 5.56 Å². The zero-order valence-corrected chi connectivity index (χ0v) is 12.6. The fraction of sp³-hybridized carbons (Fsp3) is 0.231. The van der Waals surface area contributed by atoms with E-state index in [1.54, 1.807) is 12.1 Å². The van der Waals surface area contributed by atoms with Gasteiger partial charge in [-0.05, 0) is 5.56 Å². The minimum atomic E-state index is -1.01. The Balaban J connectivity index is 1.98. The van der Waals surface area contributed by atoms with Crippen molar-refractivity contribution in [3.8, 4) is 0 Å². The molecule has 2 N–H and O–H groups in total. The Morgan fingerprint density at radius 2 is 2.00 bits per heavy atom. The van der Waals surface area contributed by atoms with Crippen LogP contribution in [0.4, 0.5) is 5.69 Å². The van der Waals surface area contributed by atoms with Crippen LogP contribution in [0.3, 0.4) is 0 Å². The van der Waals surface area contributed by atoms with Crippen LogP contribution in [0.1, 0.15) is 17.7 Å². The summed E-state index contributed by atoms with van der Waals surface area (Å²) in [5.74, 6) is -0.556. The van der Waals surface area contributed by atoms with Gasteiger partial charge >= 0.3 is 5.97 Å². The van der Waals surface area contributed by atoms with Crippen molar-refractivity contribution in [2.45, 2.75) is 23.8 Å². The molecule has 1 aromatic heterocycles. The number of hydrogen-bond acceptors (Lipinski definition) is 7. The summed E-state index contributed by atoms with van der Waals surface area (Å²) in [6, 6.07) is 6.05. The molecular formula is C13H12N4O5S. The van der Waals surface area contributed by atoms with Gasteiger partial charge in [-0.25, -0.2) is 0 Å². The number of aromatic amines is 1. The summed E-state index contributed by atoms with van der Waals surface area (Å²) in [5.41, 5.74) is 0.451. The zero-order valence-electron chi connectivity index (χ0n) is 11.8. The molecule has 10 heteroatoms. The maximum atomic E-state index is 11.7. The number of nitro benzene ring substituents is 1. The average molecular weight is 336 g/mol. The molecule has 0 radical (unpaired) electrons. The van der Waals surface area contributed by atoms with E-state index in [4.69, 9.17) is 5.11 Å². The lowest BCUT2D eigenvalue weighted by molar-refractivity contribution is -0.384. The lowest BCUT2D eigenvalue weighted by atomic mass is 10.2. The van der Waals surface area contributed by atoms with Gasteiger partial charge in [0.25, 0.3) is 11.2 Å². The Labute approximate surface area is 133 Å². The van der Waals surface area contributed by atoms with Crippen molar-refractivity contribution in [2.75, 3.05) is 0 Å². The van der Waals surface area contributed by atoms with Crippen LogP contribution in [-0.4, -0.2) is 31.2 Å². The van der Waals surface area contributed by atoms with Crippen molar-refractivity contribution in [3.63, 3.8) is 0 Å². The third kappa shape index (κ3) is 4.88. The van der Waals surface area contributed by atoms with Gasteiger partial charge in [-0.2, -0.15) is 0 Å². The molecule has 0 fully saturated rings. The number of aliphatic carboxylic acids is 1. The fourth-order valence-electron chi connectivity index (χ4n) is 1.66. The maximum absolute atomic E-state index is 11.7. The van der Waals surface area contributed by atoms with E-state index >= 15 is 0 Å². The molecule has 0 spiro atoms. The molecule has 0 amide bonds. The van der Waals surface area contributed by atoms with Gasteiger partial charge in [-0.15, -0.1) is 10.2 Å². The van der Waals surface area contributed by atoms with Crippen LogP contribution in [0.5, 0.6) is 0 Å². The van der Waals surface area contributed by atoms with E-state index in [9.17, 15) is 19.7 Å². The molecule has 0 saturated carbocycles. The minimum absolute atomic E-state index is 0.00901. The summed E-state index contributed by atoms with van der Waals surface area (Å²) in [4.78, 5) is 34.8. The standard InChI is InChI=1S/C13H12N4O5S/c18-11(19)6-5-10-12(20)14-13(16-15-10)23-7-8-1-3-9(4-2-8)17(21)22/h1-4H,5-7H2,(H,18,19)(H,14,16,20). The highest BCUT2D eigenvalue weighted by Crippen LogP contribution is 2.20. The second-order valence-corrected chi connectivity index (χ2v) is 5.48. The van der Waals surface area contributed by atoms with Crippen LogP contribution in [0, 0.1) is 10.1 Å². The predicted octanol–water partition coefficient (Wildman–Crippen LogP) is 1.38. The fourth-order valence-corrected chi connectivity index (χ4v) is 2.42. The quantitative estimate of drug-likeness (QED) is 0.439. The van der Waals surface area contributed by atoms with Gasteiger partial charge in [0, 0.05) is 24.3 Å². The largest absolute Gasteiger partial charge is 0.481 e. The van der Waals surface area contributed by atoms with E-state index in [1.165, 1.54) is 23.9 Å². The highest BCUT2D eigenvalue weighted by molar-refractivity contribution is 7.98. The zero-order chi connectivity index (χ0) is 16.8. The van der Waals surface area contributed by atoms with E-state index in [0.29, 0.717) is 10.9 Å². The van der Waals surface area contributed by atoms with Crippen molar-refractivity contribution in [3.05, 3.63) is 56.0 Å². The Morgan fingerprint density at radius 3 is 2.57 bits per heavy atom. The number of thioether (sulfide) groups is 1. The smallest absolute Gasteiger partial charge is 0.303 e.